The van der Waals surface area contributed by atoms with Crippen LogP contribution in [0.25, 0.3) is 0 Å². The standard InChI is InChI=1S/C19H20N4O2S2/c1-3-14-11-15(18(24)25-2)17(27-14)21-19(26)20-16-9-10-23(22-16)12-13-7-5-4-6-8-13/h4-11H,3,12H2,1-2H3,(H2,20,21,22,26). The fraction of sp³-hybridized carbons (Fsp3) is 0.211. The van der Waals surface area contributed by atoms with Crippen molar-refractivity contribution in [3.63, 3.8) is 0 Å². The Labute approximate surface area is 167 Å². The van der Waals surface area contributed by atoms with E-state index in [0.717, 1.165) is 11.3 Å². The van der Waals surface area contributed by atoms with Gasteiger partial charge in [-0.05, 0) is 30.3 Å². The molecule has 1 aromatic carbocycles. The van der Waals surface area contributed by atoms with E-state index in [1.165, 1.54) is 24.0 Å². The first-order valence-corrected chi connectivity index (χ1v) is 9.68. The van der Waals surface area contributed by atoms with Crippen LogP contribution >= 0.6 is 23.6 Å². The number of thiophene rings is 1. The van der Waals surface area contributed by atoms with Gasteiger partial charge < -0.3 is 15.4 Å². The van der Waals surface area contributed by atoms with Gasteiger partial charge in [0.1, 0.15) is 5.00 Å². The first-order valence-electron chi connectivity index (χ1n) is 8.45. The van der Waals surface area contributed by atoms with Gasteiger partial charge in [0.15, 0.2) is 10.9 Å². The second kappa shape index (κ2) is 8.79. The second-order valence-electron chi connectivity index (χ2n) is 5.76. The zero-order chi connectivity index (χ0) is 19.2. The molecule has 3 aromatic rings. The zero-order valence-corrected chi connectivity index (χ0v) is 16.7. The molecule has 3 rings (SSSR count). The number of nitrogens with zero attached hydrogens (tertiary/aromatic N) is 2. The number of ether oxygens (including phenoxy) is 1. The van der Waals surface area contributed by atoms with Gasteiger partial charge in [-0.15, -0.1) is 11.3 Å². The molecule has 27 heavy (non-hydrogen) atoms. The predicted octanol–water partition coefficient (Wildman–Crippen LogP) is 4.15. The first-order chi connectivity index (χ1) is 13.1. The molecule has 0 atom stereocenters. The molecule has 2 aromatic heterocycles. The van der Waals surface area contributed by atoms with E-state index < -0.39 is 0 Å². The maximum Gasteiger partial charge on any atom is 0.340 e. The number of anilines is 2. The maximum atomic E-state index is 11.9. The number of aryl methyl sites for hydroxylation is 1. The molecule has 0 bridgehead atoms. The minimum atomic E-state index is -0.386. The van der Waals surface area contributed by atoms with Gasteiger partial charge in [0, 0.05) is 17.1 Å². The summed E-state index contributed by atoms with van der Waals surface area (Å²) in [7, 11) is 1.37. The summed E-state index contributed by atoms with van der Waals surface area (Å²) in [4.78, 5) is 13.0. The molecule has 8 heteroatoms. The van der Waals surface area contributed by atoms with Crippen LogP contribution in [0, 0.1) is 0 Å². The van der Waals surface area contributed by atoms with Gasteiger partial charge in [-0.3, -0.25) is 4.68 Å². The van der Waals surface area contributed by atoms with Crippen molar-refractivity contribution in [2.75, 3.05) is 17.7 Å². The van der Waals surface area contributed by atoms with Crippen LogP contribution in [0.4, 0.5) is 10.8 Å². The summed E-state index contributed by atoms with van der Waals surface area (Å²) in [5.41, 5.74) is 1.65. The van der Waals surface area contributed by atoms with Crippen molar-refractivity contribution >= 4 is 45.5 Å². The maximum absolute atomic E-state index is 11.9. The molecular formula is C19H20N4O2S2. The molecule has 0 unspecified atom stereocenters. The highest BCUT2D eigenvalue weighted by atomic mass is 32.1. The summed E-state index contributed by atoms with van der Waals surface area (Å²) in [6.45, 7) is 2.71. The highest BCUT2D eigenvalue weighted by Gasteiger charge is 2.17. The summed E-state index contributed by atoms with van der Waals surface area (Å²) in [6, 6.07) is 13.8. The number of thiocarbonyl (C=S) groups is 1. The van der Waals surface area contributed by atoms with Crippen LogP contribution < -0.4 is 10.6 Å². The normalized spacial score (nSPS) is 10.4. The third-order valence-electron chi connectivity index (χ3n) is 3.83. The van der Waals surface area contributed by atoms with Gasteiger partial charge in [0.25, 0.3) is 0 Å². The van der Waals surface area contributed by atoms with Crippen molar-refractivity contribution in [2.24, 2.45) is 0 Å². The Morgan fingerprint density at radius 2 is 2.04 bits per heavy atom. The van der Waals surface area contributed by atoms with Gasteiger partial charge in [0.05, 0.1) is 19.2 Å². The summed E-state index contributed by atoms with van der Waals surface area (Å²) in [6.07, 6.45) is 2.72. The molecule has 6 nitrogen and oxygen atoms in total. The number of methoxy groups -OCH3 is 1. The predicted molar refractivity (Wildman–Crippen MR) is 113 cm³/mol. The average molecular weight is 401 g/mol. The van der Waals surface area contributed by atoms with Crippen LogP contribution in [-0.2, 0) is 17.7 Å². The number of esters is 1. The Morgan fingerprint density at radius 1 is 1.26 bits per heavy atom. The Kier molecular flexibility index (Phi) is 6.20. The SMILES string of the molecule is CCc1cc(C(=O)OC)c(NC(=S)Nc2ccn(Cc3ccccc3)n2)s1. The number of rotatable bonds is 6. The van der Waals surface area contributed by atoms with Gasteiger partial charge in [-0.25, -0.2) is 4.79 Å². The average Bonchev–Trinajstić information content (AvgIpc) is 3.28. The molecule has 2 N–H and O–H groups in total. The summed E-state index contributed by atoms with van der Waals surface area (Å²) in [5.74, 6) is 0.249. The number of benzene rings is 1. The Balaban J connectivity index is 1.65. The Morgan fingerprint density at radius 3 is 2.74 bits per heavy atom. The van der Waals surface area contributed by atoms with Crippen molar-refractivity contribution in [1.29, 1.82) is 0 Å². The lowest BCUT2D eigenvalue weighted by Crippen LogP contribution is -2.20. The summed E-state index contributed by atoms with van der Waals surface area (Å²) < 4.78 is 6.68. The van der Waals surface area contributed by atoms with E-state index in [0.29, 0.717) is 28.0 Å². The molecule has 0 saturated carbocycles. The third-order valence-corrected chi connectivity index (χ3v) is 5.23. The number of carbonyl (C=O) groups excluding carboxylic acids is 1. The molecule has 0 aliphatic heterocycles. The topological polar surface area (TPSA) is 68.2 Å². The first kappa shape index (κ1) is 19.1. The van der Waals surface area contributed by atoms with Crippen molar-refractivity contribution < 1.29 is 9.53 Å². The summed E-state index contributed by atoms with van der Waals surface area (Å²) >= 11 is 6.85. The lowest BCUT2D eigenvalue weighted by molar-refractivity contribution is 0.0602. The van der Waals surface area contributed by atoms with Crippen molar-refractivity contribution in [1.82, 2.24) is 9.78 Å². The number of nitrogens with one attached hydrogen (secondary N) is 2. The lowest BCUT2D eigenvalue weighted by atomic mass is 10.2. The molecule has 0 saturated heterocycles. The number of aromatic nitrogens is 2. The fourth-order valence-corrected chi connectivity index (χ4v) is 3.77. The molecule has 0 radical (unpaired) electrons. The Hall–Kier alpha value is -2.71. The molecule has 0 aliphatic rings. The van der Waals surface area contributed by atoms with Crippen LogP contribution in [0.15, 0.2) is 48.7 Å². The quantitative estimate of drug-likeness (QED) is 0.479. The highest BCUT2D eigenvalue weighted by molar-refractivity contribution is 7.80. The fourth-order valence-electron chi connectivity index (χ4n) is 2.51. The van der Waals surface area contributed by atoms with Crippen LogP contribution in [-0.4, -0.2) is 28.0 Å². The monoisotopic (exact) mass is 400 g/mol. The van der Waals surface area contributed by atoms with Crippen LogP contribution in [0.1, 0.15) is 27.7 Å². The van der Waals surface area contributed by atoms with E-state index in [-0.39, 0.29) is 5.97 Å². The molecule has 2 heterocycles. The summed E-state index contributed by atoms with van der Waals surface area (Å²) in [5, 5.41) is 11.6. The van der Waals surface area contributed by atoms with E-state index in [1.54, 1.807) is 0 Å². The van der Waals surface area contributed by atoms with E-state index in [1.807, 2.05) is 48.1 Å². The van der Waals surface area contributed by atoms with Gasteiger partial charge >= 0.3 is 5.97 Å². The minimum absolute atomic E-state index is 0.370. The minimum Gasteiger partial charge on any atom is -0.465 e. The number of carbonyl (C=O) groups is 1. The second-order valence-corrected chi connectivity index (χ2v) is 7.31. The third kappa shape index (κ3) is 4.93. The van der Waals surface area contributed by atoms with E-state index >= 15 is 0 Å². The van der Waals surface area contributed by atoms with Crippen LogP contribution in [0.5, 0.6) is 0 Å². The molecule has 0 aliphatic carbocycles. The molecular weight excluding hydrogens is 380 g/mol. The highest BCUT2D eigenvalue weighted by Crippen LogP contribution is 2.29. The molecule has 0 spiro atoms. The van der Waals surface area contributed by atoms with Crippen molar-refractivity contribution in [2.45, 2.75) is 19.9 Å². The Bertz CT molecular complexity index is 934. The molecule has 140 valence electrons. The van der Waals surface area contributed by atoms with Crippen LogP contribution in [0.2, 0.25) is 0 Å². The van der Waals surface area contributed by atoms with Crippen molar-refractivity contribution in [3.05, 3.63) is 64.7 Å². The number of hydrogen-bond donors (Lipinski definition) is 2. The largest absolute Gasteiger partial charge is 0.465 e. The molecule has 0 fully saturated rings. The smallest absolute Gasteiger partial charge is 0.340 e. The van der Waals surface area contributed by atoms with Gasteiger partial charge in [-0.1, -0.05) is 37.3 Å². The van der Waals surface area contributed by atoms with E-state index in [9.17, 15) is 4.79 Å². The zero-order valence-electron chi connectivity index (χ0n) is 15.1. The van der Waals surface area contributed by atoms with Gasteiger partial charge in [0.2, 0.25) is 0 Å². The number of hydrogen-bond acceptors (Lipinski definition) is 5. The van der Waals surface area contributed by atoms with E-state index in [4.69, 9.17) is 17.0 Å². The lowest BCUT2D eigenvalue weighted by Gasteiger charge is -2.08. The van der Waals surface area contributed by atoms with Crippen LogP contribution in [0.3, 0.4) is 0 Å². The molecule has 0 amide bonds. The van der Waals surface area contributed by atoms with Gasteiger partial charge in [-0.2, -0.15) is 5.10 Å². The van der Waals surface area contributed by atoms with E-state index in [2.05, 4.69) is 27.9 Å². The van der Waals surface area contributed by atoms with Crippen molar-refractivity contribution in [3.8, 4) is 0 Å².